The van der Waals surface area contributed by atoms with Crippen molar-refractivity contribution in [2.45, 2.75) is 32.6 Å². The molecular weight excluding hydrogens is 261 g/mol. The first-order valence-corrected chi connectivity index (χ1v) is 6.81. The zero-order valence-electron chi connectivity index (χ0n) is 11.4. The van der Waals surface area contributed by atoms with E-state index in [-0.39, 0.29) is 11.8 Å². The summed E-state index contributed by atoms with van der Waals surface area (Å²) in [6, 6.07) is 3.62. The average molecular weight is 279 g/mol. The van der Waals surface area contributed by atoms with E-state index in [1.807, 2.05) is 0 Å². The number of rotatable bonds is 3. The van der Waals surface area contributed by atoms with Crippen LogP contribution in [-0.4, -0.2) is 17.0 Å². The third kappa shape index (κ3) is 3.35. The van der Waals surface area contributed by atoms with Gasteiger partial charge in [-0.3, -0.25) is 4.79 Å². The van der Waals surface area contributed by atoms with Crippen LogP contribution in [0.4, 0.5) is 10.1 Å². The minimum absolute atomic E-state index is 0.0339. The number of benzene rings is 1. The van der Waals surface area contributed by atoms with Gasteiger partial charge in [-0.2, -0.15) is 0 Å². The van der Waals surface area contributed by atoms with Crippen molar-refractivity contribution in [1.29, 1.82) is 0 Å². The molecule has 0 spiro atoms. The van der Waals surface area contributed by atoms with E-state index < -0.39 is 17.3 Å². The van der Waals surface area contributed by atoms with E-state index in [0.29, 0.717) is 11.6 Å². The fraction of sp³-hybridized carbons (Fsp3) is 0.467. The van der Waals surface area contributed by atoms with Gasteiger partial charge < -0.3 is 10.4 Å². The van der Waals surface area contributed by atoms with Crippen LogP contribution < -0.4 is 5.32 Å². The van der Waals surface area contributed by atoms with E-state index >= 15 is 0 Å². The Kier molecular flexibility index (Phi) is 4.37. The smallest absolute Gasteiger partial charge is 0.338 e. The molecule has 2 rings (SSSR count). The Balaban J connectivity index is 2.01. The summed E-state index contributed by atoms with van der Waals surface area (Å²) in [4.78, 5) is 22.8. The van der Waals surface area contributed by atoms with Gasteiger partial charge in [0.25, 0.3) is 0 Å². The van der Waals surface area contributed by atoms with Crippen molar-refractivity contribution in [2.75, 3.05) is 5.32 Å². The number of hydrogen-bond donors (Lipinski definition) is 2. The first kappa shape index (κ1) is 14.5. The molecule has 0 radical (unpaired) electrons. The first-order chi connectivity index (χ1) is 9.47. The Morgan fingerprint density at radius 2 is 1.90 bits per heavy atom. The largest absolute Gasteiger partial charge is 0.478 e. The molecule has 0 heterocycles. The van der Waals surface area contributed by atoms with Crippen molar-refractivity contribution in [1.82, 2.24) is 0 Å². The monoisotopic (exact) mass is 279 g/mol. The SMILES string of the molecule is CC1CCC(C(=O)Nc2ccc(C(=O)O)c(F)c2)CC1. The van der Waals surface area contributed by atoms with Crippen LogP contribution in [0.1, 0.15) is 43.0 Å². The Morgan fingerprint density at radius 1 is 1.25 bits per heavy atom. The summed E-state index contributed by atoms with van der Waals surface area (Å²) in [7, 11) is 0. The molecule has 108 valence electrons. The summed E-state index contributed by atoms with van der Waals surface area (Å²) < 4.78 is 13.5. The zero-order chi connectivity index (χ0) is 14.7. The topological polar surface area (TPSA) is 66.4 Å². The standard InChI is InChI=1S/C15H18FNO3/c1-9-2-4-10(5-3-9)14(18)17-11-6-7-12(15(19)20)13(16)8-11/h6-10H,2-5H2,1H3,(H,17,18)(H,19,20). The highest BCUT2D eigenvalue weighted by Crippen LogP contribution is 2.29. The summed E-state index contributed by atoms with van der Waals surface area (Å²) in [5.41, 5.74) is -0.0920. The molecule has 1 aliphatic rings. The van der Waals surface area contributed by atoms with E-state index in [0.717, 1.165) is 37.8 Å². The Bertz CT molecular complexity index is 522. The number of amides is 1. The van der Waals surface area contributed by atoms with Gasteiger partial charge in [0.2, 0.25) is 5.91 Å². The molecule has 1 fully saturated rings. The van der Waals surface area contributed by atoms with Gasteiger partial charge in [0.05, 0.1) is 5.56 Å². The van der Waals surface area contributed by atoms with Crippen molar-refractivity contribution >= 4 is 17.6 Å². The van der Waals surface area contributed by atoms with Gasteiger partial charge in [0, 0.05) is 11.6 Å². The highest BCUT2D eigenvalue weighted by Gasteiger charge is 2.24. The zero-order valence-corrected chi connectivity index (χ0v) is 11.4. The van der Waals surface area contributed by atoms with Crippen molar-refractivity contribution in [3.63, 3.8) is 0 Å². The Labute approximate surface area is 117 Å². The van der Waals surface area contributed by atoms with Gasteiger partial charge in [-0.15, -0.1) is 0 Å². The van der Waals surface area contributed by atoms with Gasteiger partial charge in [-0.05, 0) is 49.8 Å². The maximum Gasteiger partial charge on any atom is 0.338 e. The molecule has 20 heavy (non-hydrogen) atoms. The molecule has 0 unspecified atom stereocenters. The maximum absolute atomic E-state index is 13.5. The van der Waals surface area contributed by atoms with Crippen LogP contribution in [-0.2, 0) is 4.79 Å². The molecule has 0 aromatic heterocycles. The van der Waals surface area contributed by atoms with Crippen LogP contribution in [0.25, 0.3) is 0 Å². The van der Waals surface area contributed by atoms with Gasteiger partial charge in [-0.1, -0.05) is 6.92 Å². The lowest BCUT2D eigenvalue weighted by atomic mass is 9.82. The molecule has 1 aliphatic carbocycles. The van der Waals surface area contributed by atoms with E-state index in [1.165, 1.54) is 6.07 Å². The molecule has 5 heteroatoms. The third-order valence-corrected chi connectivity index (χ3v) is 3.85. The van der Waals surface area contributed by atoms with Crippen LogP contribution in [0.3, 0.4) is 0 Å². The average Bonchev–Trinajstić information content (AvgIpc) is 2.39. The summed E-state index contributed by atoms with van der Waals surface area (Å²) in [5.74, 6) is -1.65. The minimum atomic E-state index is -1.32. The summed E-state index contributed by atoms with van der Waals surface area (Å²) >= 11 is 0. The molecule has 2 N–H and O–H groups in total. The lowest BCUT2D eigenvalue weighted by Crippen LogP contribution is -2.26. The number of aromatic carboxylic acids is 1. The highest BCUT2D eigenvalue weighted by atomic mass is 19.1. The van der Waals surface area contributed by atoms with Gasteiger partial charge in [-0.25, -0.2) is 9.18 Å². The number of carbonyl (C=O) groups is 2. The molecule has 0 saturated heterocycles. The van der Waals surface area contributed by atoms with Crippen molar-refractivity contribution in [2.24, 2.45) is 11.8 Å². The predicted octanol–water partition coefficient (Wildman–Crippen LogP) is 3.29. The van der Waals surface area contributed by atoms with Crippen LogP contribution in [0.2, 0.25) is 0 Å². The van der Waals surface area contributed by atoms with Gasteiger partial charge in [0.1, 0.15) is 5.82 Å². The fourth-order valence-corrected chi connectivity index (χ4v) is 2.53. The number of nitrogens with one attached hydrogen (secondary N) is 1. The van der Waals surface area contributed by atoms with Crippen molar-refractivity contribution in [3.8, 4) is 0 Å². The lowest BCUT2D eigenvalue weighted by molar-refractivity contribution is -0.121. The molecule has 1 aromatic carbocycles. The second-order valence-electron chi connectivity index (χ2n) is 5.45. The van der Waals surface area contributed by atoms with Gasteiger partial charge in [0.15, 0.2) is 0 Å². The van der Waals surface area contributed by atoms with E-state index in [9.17, 15) is 14.0 Å². The van der Waals surface area contributed by atoms with E-state index in [4.69, 9.17) is 5.11 Å². The number of anilines is 1. The van der Waals surface area contributed by atoms with E-state index in [1.54, 1.807) is 0 Å². The minimum Gasteiger partial charge on any atom is -0.478 e. The molecule has 1 saturated carbocycles. The Hall–Kier alpha value is -1.91. The van der Waals surface area contributed by atoms with Crippen LogP contribution in [0, 0.1) is 17.7 Å². The number of carboxylic acids is 1. The van der Waals surface area contributed by atoms with Crippen LogP contribution in [0.15, 0.2) is 18.2 Å². The summed E-state index contributed by atoms with van der Waals surface area (Å²) in [6.45, 7) is 2.17. The van der Waals surface area contributed by atoms with Crippen molar-refractivity contribution < 1.29 is 19.1 Å². The Morgan fingerprint density at radius 3 is 2.45 bits per heavy atom. The lowest BCUT2D eigenvalue weighted by Gasteiger charge is -2.25. The second kappa shape index (κ2) is 6.03. The number of hydrogen-bond acceptors (Lipinski definition) is 2. The number of halogens is 1. The molecule has 4 nitrogen and oxygen atoms in total. The molecule has 1 aromatic rings. The summed E-state index contributed by atoms with van der Waals surface area (Å²) in [5, 5.41) is 11.4. The molecule has 0 atom stereocenters. The van der Waals surface area contributed by atoms with E-state index in [2.05, 4.69) is 12.2 Å². The predicted molar refractivity (Wildman–Crippen MR) is 73.1 cm³/mol. The highest BCUT2D eigenvalue weighted by molar-refractivity contribution is 5.94. The number of carbonyl (C=O) groups excluding carboxylic acids is 1. The fourth-order valence-electron chi connectivity index (χ4n) is 2.53. The van der Waals surface area contributed by atoms with Gasteiger partial charge >= 0.3 is 5.97 Å². The quantitative estimate of drug-likeness (QED) is 0.892. The first-order valence-electron chi connectivity index (χ1n) is 6.81. The summed E-state index contributed by atoms with van der Waals surface area (Å²) in [6.07, 6.45) is 3.76. The van der Waals surface area contributed by atoms with Crippen LogP contribution >= 0.6 is 0 Å². The third-order valence-electron chi connectivity index (χ3n) is 3.85. The number of carboxylic acid groups (broad SMARTS) is 1. The normalized spacial score (nSPS) is 22.3. The molecule has 0 aliphatic heterocycles. The molecule has 1 amide bonds. The van der Waals surface area contributed by atoms with Crippen molar-refractivity contribution in [3.05, 3.63) is 29.6 Å². The maximum atomic E-state index is 13.5. The molecule has 0 bridgehead atoms. The second-order valence-corrected chi connectivity index (χ2v) is 5.45. The molecular formula is C15H18FNO3. The van der Waals surface area contributed by atoms with Crippen LogP contribution in [0.5, 0.6) is 0 Å².